The minimum atomic E-state index is -4.35. The molecule has 1 amide bonds. The molecule has 162 valence electrons. The molecule has 29 heavy (non-hydrogen) atoms. The Hall–Kier alpha value is -1.56. The minimum Gasteiger partial charge on any atom is -0.342 e. The topological polar surface area (TPSA) is 23.6 Å². The third-order valence-electron chi connectivity index (χ3n) is 6.66. The molecule has 2 fully saturated rings. The normalized spacial score (nSPS) is 22.5. The van der Waals surface area contributed by atoms with E-state index in [1.54, 1.807) is 6.07 Å². The number of hydrogen-bond donors (Lipinski definition) is 0. The molecule has 0 unspecified atom stereocenters. The molecule has 3 nitrogen and oxygen atoms in total. The second-order valence-electron chi connectivity index (χ2n) is 9.56. The van der Waals surface area contributed by atoms with Gasteiger partial charge in [0, 0.05) is 25.0 Å². The van der Waals surface area contributed by atoms with Gasteiger partial charge >= 0.3 is 6.18 Å². The maximum Gasteiger partial charge on any atom is 0.416 e. The van der Waals surface area contributed by atoms with Gasteiger partial charge in [-0.15, -0.1) is 0 Å². The summed E-state index contributed by atoms with van der Waals surface area (Å²) in [6, 6.07) is 5.87. The number of rotatable bonds is 4. The van der Waals surface area contributed by atoms with Crippen LogP contribution in [0.15, 0.2) is 24.3 Å². The number of likely N-dealkylation sites (tertiary alicyclic amines) is 2. The lowest BCUT2D eigenvalue weighted by Crippen LogP contribution is -2.50. The van der Waals surface area contributed by atoms with Crippen molar-refractivity contribution in [2.24, 2.45) is 11.3 Å². The van der Waals surface area contributed by atoms with Crippen LogP contribution in [0.3, 0.4) is 0 Å². The second-order valence-corrected chi connectivity index (χ2v) is 9.56. The van der Waals surface area contributed by atoms with Crippen molar-refractivity contribution in [2.45, 2.75) is 65.1 Å². The molecule has 0 radical (unpaired) electrons. The molecule has 2 aliphatic heterocycles. The Bertz CT molecular complexity index is 698. The predicted octanol–water partition coefficient (Wildman–Crippen LogP) is 5.00. The van der Waals surface area contributed by atoms with E-state index in [9.17, 15) is 18.0 Å². The summed E-state index contributed by atoms with van der Waals surface area (Å²) >= 11 is 0. The zero-order chi connectivity index (χ0) is 21.2. The van der Waals surface area contributed by atoms with Crippen LogP contribution in [-0.4, -0.2) is 47.9 Å². The maximum atomic E-state index is 12.9. The first-order valence-electron chi connectivity index (χ1n) is 10.7. The second kappa shape index (κ2) is 8.66. The molecule has 0 spiro atoms. The molecular weight excluding hydrogens is 377 g/mol. The summed E-state index contributed by atoms with van der Waals surface area (Å²) in [5.41, 5.74) is 0.345. The summed E-state index contributed by atoms with van der Waals surface area (Å²) in [6.07, 6.45) is 0.407. The molecule has 2 aliphatic rings. The molecule has 1 atom stereocenters. The van der Waals surface area contributed by atoms with Crippen LogP contribution in [0.4, 0.5) is 13.2 Å². The van der Waals surface area contributed by atoms with Crippen LogP contribution >= 0.6 is 0 Å². The van der Waals surface area contributed by atoms with Crippen molar-refractivity contribution in [3.63, 3.8) is 0 Å². The average Bonchev–Trinajstić information content (AvgIpc) is 2.67. The molecule has 0 aromatic heterocycles. The highest BCUT2D eigenvalue weighted by Crippen LogP contribution is 2.33. The summed E-state index contributed by atoms with van der Waals surface area (Å²) in [5, 5.41) is 0. The molecular formula is C23H33F3N2O. The van der Waals surface area contributed by atoms with Crippen molar-refractivity contribution in [2.75, 3.05) is 26.2 Å². The lowest BCUT2D eigenvalue weighted by Gasteiger charge is -2.44. The van der Waals surface area contributed by atoms with Crippen molar-refractivity contribution >= 4 is 5.91 Å². The van der Waals surface area contributed by atoms with Gasteiger partial charge in [-0.2, -0.15) is 13.2 Å². The van der Waals surface area contributed by atoms with Crippen molar-refractivity contribution in [1.29, 1.82) is 0 Å². The monoisotopic (exact) mass is 410 g/mol. The Balaban J connectivity index is 1.50. The first-order chi connectivity index (χ1) is 13.5. The molecule has 0 saturated carbocycles. The molecule has 1 aromatic rings. The van der Waals surface area contributed by atoms with E-state index in [1.807, 2.05) is 11.8 Å². The van der Waals surface area contributed by atoms with E-state index < -0.39 is 11.7 Å². The highest BCUT2D eigenvalue weighted by atomic mass is 19.4. The predicted molar refractivity (Wildman–Crippen MR) is 109 cm³/mol. The number of carbonyl (C=O) groups is 1. The van der Waals surface area contributed by atoms with E-state index in [0.29, 0.717) is 23.4 Å². The number of piperidine rings is 2. The van der Waals surface area contributed by atoms with Crippen LogP contribution < -0.4 is 0 Å². The van der Waals surface area contributed by atoms with E-state index in [-0.39, 0.29) is 11.8 Å². The fraction of sp³-hybridized carbons (Fsp3) is 0.696. The standard InChI is InChI=1S/C23H33F3N2O/c1-17(15-18-5-4-6-19(16-18)23(24,25)26)21(29)28-11-7-20(8-12-28)27-13-9-22(2,3)10-14-27/h4-6,16-17,20H,7-15H2,1-3H3/t17-/m1/s1. The number of benzene rings is 1. The summed E-state index contributed by atoms with van der Waals surface area (Å²) in [6.45, 7) is 10.2. The van der Waals surface area contributed by atoms with Gasteiger partial charge in [0.15, 0.2) is 0 Å². The Morgan fingerprint density at radius 2 is 1.76 bits per heavy atom. The van der Waals surface area contributed by atoms with Gasteiger partial charge in [-0.25, -0.2) is 0 Å². The molecule has 2 saturated heterocycles. The Kier molecular flexibility index (Phi) is 6.61. The van der Waals surface area contributed by atoms with Crippen molar-refractivity contribution in [3.8, 4) is 0 Å². The lowest BCUT2D eigenvalue weighted by molar-refractivity contribution is -0.137. The highest BCUT2D eigenvalue weighted by Gasteiger charge is 2.33. The zero-order valence-corrected chi connectivity index (χ0v) is 17.8. The van der Waals surface area contributed by atoms with Crippen LogP contribution in [0.2, 0.25) is 0 Å². The molecule has 0 N–H and O–H groups in total. The first-order valence-corrected chi connectivity index (χ1v) is 10.7. The Labute approximate surface area is 172 Å². The van der Waals surface area contributed by atoms with Crippen molar-refractivity contribution < 1.29 is 18.0 Å². The van der Waals surface area contributed by atoms with Gasteiger partial charge < -0.3 is 9.80 Å². The van der Waals surface area contributed by atoms with Gasteiger partial charge in [0.1, 0.15) is 0 Å². The summed E-state index contributed by atoms with van der Waals surface area (Å²) in [5.74, 6) is -0.258. The van der Waals surface area contributed by atoms with Gasteiger partial charge in [-0.05, 0) is 62.2 Å². The number of amides is 1. The highest BCUT2D eigenvalue weighted by molar-refractivity contribution is 5.79. The smallest absolute Gasteiger partial charge is 0.342 e. The largest absolute Gasteiger partial charge is 0.416 e. The van der Waals surface area contributed by atoms with Gasteiger partial charge in [-0.1, -0.05) is 39.0 Å². The molecule has 0 aliphatic carbocycles. The van der Waals surface area contributed by atoms with Crippen LogP contribution in [-0.2, 0) is 17.4 Å². The van der Waals surface area contributed by atoms with Crippen LogP contribution in [0, 0.1) is 11.3 Å². The number of nitrogens with zero attached hydrogens (tertiary/aromatic N) is 2. The average molecular weight is 411 g/mol. The van der Waals surface area contributed by atoms with Crippen molar-refractivity contribution in [1.82, 2.24) is 9.80 Å². The van der Waals surface area contributed by atoms with E-state index in [0.717, 1.165) is 51.2 Å². The summed E-state index contributed by atoms with van der Waals surface area (Å²) in [4.78, 5) is 17.3. The van der Waals surface area contributed by atoms with E-state index in [4.69, 9.17) is 0 Å². The third-order valence-corrected chi connectivity index (χ3v) is 6.66. The molecule has 0 bridgehead atoms. The number of halogens is 3. The van der Waals surface area contributed by atoms with Gasteiger partial charge in [0.25, 0.3) is 0 Å². The summed E-state index contributed by atoms with van der Waals surface area (Å²) in [7, 11) is 0. The van der Waals surface area contributed by atoms with Gasteiger partial charge in [0.2, 0.25) is 5.91 Å². The molecule has 6 heteroatoms. The number of hydrogen-bond acceptors (Lipinski definition) is 2. The molecule has 3 rings (SSSR count). The van der Waals surface area contributed by atoms with E-state index in [1.165, 1.54) is 18.9 Å². The van der Waals surface area contributed by atoms with E-state index >= 15 is 0 Å². The number of carbonyl (C=O) groups excluding carboxylic acids is 1. The fourth-order valence-corrected chi connectivity index (χ4v) is 4.57. The van der Waals surface area contributed by atoms with Crippen LogP contribution in [0.25, 0.3) is 0 Å². The van der Waals surface area contributed by atoms with Crippen molar-refractivity contribution in [3.05, 3.63) is 35.4 Å². The minimum absolute atomic E-state index is 0.0561. The Morgan fingerprint density at radius 1 is 1.14 bits per heavy atom. The molecule has 1 aromatic carbocycles. The number of alkyl halides is 3. The zero-order valence-electron chi connectivity index (χ0n) is 17.8. The van der Waals surface area contributed by atoms with Crippen LogP contribution in [0.1, 0.15) is 57.6 Å². The first kappa shape index (κ1) is 22.1. The quantitative estimate of drug-likeness (QED) is 0.698. The molecule has 2 heterocycles. The van der Waals surface area contributed by atoms with Gasteiger partial charge in [0.05, 0.1) is 5.56 Å². The van der Waals surface area contributed by atoms with E-state index in [2.05, 4.69) is 18.7 Å². The summed E-state index contributed by atoms with van der Waals surface area (Å²) < 4.78 is 38.7. The maximum absolute atomic E-state index is 12.9. The third kappa shape index (κ3) is 5.74. The SMILES string of the molecule is C[C@H](Cc1cccc(C(F)(F)F)c1)C(=O)N1CCC(N2CCC(C)(C)CC2)CC1. The van der Waals surface area contributed by atoms with Gasteiger partial charge in [-0.3, -0.25) is 4.79 Å². The Morgan fingerprint density at radius 3 is 2.34 bits per heavy atom. The lowest BCUT2D eigenvalue weighted by atomic mass is 9.82. The van der Waals surface area contributed by atoms with Crippen LogP contribution in [0.5, 0.6) is 0 Å². The fourth-order valence-electron chi connectivity index (χ4n) is 4.57.